The number of aromatic nitrogens is 2. The van der Waals surface area contributed by atoms with E-state index in [2.05, 4.69) is 28.1 Å². The minimum absolute atomic E-state index is 0.274. The highest BCUT2D eigenvalue weighted by Crippen LogP contribution is 2.13. The Labute approximate surface area is 103 Å². The molecule has 0 amide bonds. The maximum absolute atomic E-state index is 9.06. The van der Waals surface area contributed by atoms with Gasteiger partial charge in [-0.05, 0) is 13.5 Å². The molecule has 1 unspecified atom stereocenters. The maximum Gasteiger partial charge on any atom is 0.0534 e. The number of rotatable bonds is 4. The van der Waals surface area contributed by atoms with Gasteiger partial charge in [0.15, 0.2) is 0 Å². The van der Waals surface area contributed by atoms with E-state index in [9.17, 15) is 0 Å². The molecule has 2 heterocycles. The predicted molar refractivity (Wildman–Crippen MR) is 66.6 cm³/mol. The van der Waals surface area contributed by atoms with Gasteiger partial charge in [-0.3, -0.25) is 9.58 Å². The molecular weight excluding hydrogens is 216 g/mol. The molecule has 1 aromatic rings. The van der Waals surface area contributed by atoms with E-state index in [1.54, 1.807) is 0 Å². The van der Waals surface area contributed by atoms with Crippen molar-refractivity contribution in [1.29, 1.82) is 0 Å². The first-order chi connectivity index (χ1) is 8.19. The van der Waals surface area contributed by atoms with Crippen LogP contribution in [0.2, 0.25) is 0 Å². The quantitative estimate of drug-likeness (QED) is 0.797. The van der Waals surface area contributed by atoms with E-state index in [0.29, 0.717) is 6.04 Å². The molecule has 0 aromatic carbocycles. The van der Waals surface area contributed by atoms with Gasteiger partial charge in [-0.1, -0.05) is 0 Å². The van der Waals surface area contributed by atoms with Crippen LogP contribution in [0.1, 0.15) is 12.0 Å². The minimum atomic E-state index is 0.274. The fourth-order valence-corrected chi connectivity index (χ4v) is 2.43. The standard InChI is InChI=1S/C12H22N4O/c1-14-4-5-16(10-12(14)3-6-17)9-11-7-13-15(2)8-11/h7-8,12,17H,3-6,9-10H2,1-2H3. The molecule has 1 aromatic heterocycles. The molecule has 17 heavy (non-hydrogen) atoms. The van der Waals surface area contributed by atoms with Crippen LogP contribution in [-0.4, -0.2) is 64.0 Å². The van der Waals surface area contributed by atoms with Gasteiger partial charge in [0, 0.05) is 57.6 Å². The number of nitrogens with zero attached hydrogens (tertiary/aromatic N) is 4. The molecule has 0 aliphatic carbocycles. The zero-order chi connectivity index (χ0) is 12.3. The Morgan fingerprint density at radius 3 is 2.88 bits per heavy atom. The maximum atomic E-state index is 9.06. The number of aliphatic hydroxyl groups excluding tert-OH is 1. The molecule has 96 valence electrons. The molecule has 1 aliphatic rings. The molecule has 5 heteroatoms. The van der Waals surface area contributed by atoms with Crippen LogP contribution in [0, 0.1) is 0 Å². The number of piperazine rings is 1. The third-order valence-electron chi connectivity index (χ3n) is 3.49. The van der Waals surface area contributed by atoms with Gasteiger partial charge in [-0.15, -0.1) is 0 Å². The van der Waals surface area contributed by atoms with Crippen molar-refractivity contribution in [2.45, 2.75) is 19.0 Å². The second kappa shape index (κ2) is 5.62. The monoisotopic (exact) mass is 238 g/mol. The van der Waals surface area contributed by atoms with E-state index >= 15 is 0 Å². The van der Waals surface area contributed by atoms with Crippen LogP contribution in [0.3, 0.4) is 0 Å². The van der Waals surface area contributed by atoms with Gasteiger partial charge in [0.05, 0.1) is 6.20 Å². The summed E-state index contributed by atoms with van der Waals surface area (Å²) in [6.45, 7) is 4.43. The Hall–Kier alpha value is -0.910. The molecular formula is C12H22N4O. The lowest BCUT2D eigenvalue weighted by Gasteiger charge is -2.39. The summed E-state index contributed by atoms with van der Waals surface area (Å²) in [5.41, 5.74) is 1.26. The van der Waals surface area contributed by atoms with Crippen molar-refractivity contribution in [3.05, 3.63) is 18.0 Å². The normalized spacial score (nSPS) is 23.1. The topological polar surface area (TPSA) is 44.5 Å². The Balaban J connectivity index is 1.89. The fourth-order valence-electron chi connectivity index (χ4n) is 2.43. The number of hydrogen-bond donors (Lipinski definition) is 1. The van der Waals surface area contributed by atoms with Crippen molar-refractivity contribution < 1.29 is 5.11 Å². The molecule has 1 fully saturated rings. The van der Waals surface area contributed by atoms with Crippen molar-refractivity contribution in [3.63, 3.8) is 0 Å². The van der Waals surface area contributed by atoms with E-state index < -0.39 is 0 Å². The average Bonchev–Trinajstić information content (AvgIpc) is 2.69. The molecule has 5 nitrogen and oxygen atoms in total. The molecule has 2 rings (SSSR count). The summed E-state index contributed by atoms with van der Waals surface area (Å²) < 4.78 is 1.84. The zero-order valence-electron chi connectivity index (χ0n) is 10.7. The van der Waals surface area contributed by atoms with Crippen molar-refractivity contribution in [2.24, 2.45) is 7.05 Å². The van der Waals surface area contributed by atoms with Crippen LogP contribution >= 0.6 is 0 Å². The molecule has 0 saturated carbocycles. The molecule has 0 bridgehead atoms. The summed E-state index contributed by atoms with van der Waals surface area (Å²) in [7, 11) is 4.09. The number of aliphatic hydroxyl groups is 1. The smallest absolute Gasteiger partial charge is 0.0534 e. The van der Waals surface area contributed by atoms with Crippen molar-refractivity contribution in [2.75, 3.05) is 33.3 Å². The number of likely N-dealkylation sites (N-methyl/N-ethyl adjacent to an activating group) is 1. The van der Waals surface area contributed by atoms with E-state index in [-0.39, 0.29) is 6.61 Å². The van der Waals surface area contributed by atoms with E-state index in [0.717, 1.165) is 32.6 Å². The number of aryl methyl sites for hydroxylation is 1. The van der Waals surface area contributed by atoms with Gasteiger partial charge in [-0.25, -0.2) is 0 Å². The van der Waals surface area contributed by atoms with Crippen LogP contribution in [0.4, 0.5) is 0 Å². The van der Waals surface area contributed by atoms with Gasteiger partial charge in [0.2, 0.25) is 0 Å². The molecule has 0 spiro atoms. The van der Waals surface area contributed by atoms with Crippen molar-refractivity contribution >= 4 is 0 Å². The lowest BCUT2D eigenvalue weighted by atomic mass is 10.1. The Morgan fingerprint density at radius 2 is 2.24 bits per heavy atom. The van der Waals surface area contributed by atoms with Crippen molar-refractivity contribution in [1.82, 2.24) is 19.6 Å². The molecule has 1 N–H and O–H groups in total. The summed E-state index contributed by atoms with van der Waals surface area (Å²) in [5.74, 6) is 0. The summed E-state index contributed by atoms with van der Waals surface area (Å²) in [6, 6.07) is 0.477. The van der Waals surface area contributed by atoms with E-state index in [1.807, 2.05) is 17.9 Å². The van der Waals surface area contributed by atoms with Crippen LogP contribution in [-0.2, 0) is 13.6 Å². The summed E-state index contributed by atoms with van der Waals surface area (Å²) >= 11 is 0. The van der Waals surface area contributed by atoms with Gasteiger partial charge in [-0.2, -0.15) is 5.10 Å². The van der Waals surface area contributed by atoms with Gasteiger partial charge < -0.3 is 10.0 Å². The highest BCUT2D eigenvalue weighted by Gasteiger charge is 2.23. The van der Waals surface area contributed by atoms with E-state index in [4.69, 9.17) is 5.11 Å². The zero-order valence-corrected chi connectivity index (χ0v) is 10.7. The predicted octanol–water partition coefficient (Wildman–Crippen LogP) is -0.0815. The third-order valence-corrected chi connectivity index (χ3v) is 3.49. The molecule has 1 atom stereocenters. The minimum Gasteiger partial charge on any atom is -0.396 e. The highest BCUT2D eigenvalue weighted by molar-refractivity contribution is 5.03. The van der Waals surface area contributed by atoms with Crippen LogP contribution in [0.15, 0.2) is 12.4 Å². The first-order valence-electron chi connectivity index (χ1n) is 6.20. The second-order valence-electron chi connectivity index (χ2n) is 4.90. The largest absolute Gasteiger partial charge is 0.396 e. The van der Waals surface area contributed by atoms with Crippen molar-refractivity contribution in [3.8, 4) is 0 Å². The summed E-state index contributed by atoms with van der Waals surface area (Å²) in [4.78, 5) is 4.79. The number of hydrogen-bond acceptors (Lipinski definition) is 4. The SMILES string of the molecule is CN1CCN(Cc2cnn(C)c2)CC1CCO. The van der Waals surface area contributed by atoms with Gasteiger partial charge in [0.1, 0.15) is 0 Å². The first-order valence-corrected chi connectivity index (χ1v) is 6.20. The van der Waals surface area contributed by atoms with Crippen LogP contribution in [0.5, 0.6) is 0 Å². The molecule has 1 aliphatic heterocycles. The van der Waals surface area contributed by atoms with Gasteiger partial charge >= 0.3 is 0 Å². The van der Waals surface area contributed by atoms with Gasteiger partial charge in [0.25, 0.3) is 0 Å². The van der Waals surface area contributed by atoms with Crippen LogP contribution < -0.4 is 0 Å². The first kappa shape index (κ1) is 12.5. The Bertz CT molecular complexity index is 352. The highest BCUT2D eigenvalue weighted by atomic mass is 16.3. The second-order valence-corrected chi connectivity index (χ2v) is 4.90. The molecule has 0 radical (unpaired) electrons. The van der Waals surface area contributed by atoms with Crippen LogP contribution in [0.25, 0.3) is 0 Å². The Morgan fingerprint density at radius 1 is 1.41 bits per heavy atom. The lowest BCUT2D eigenvalue weighted by molar-refractivity contribution is 0.0743. The lowest BCUT2D eigenvalue weighted by Crippen LogP contribution is -2.51. The fraction of sp³-hybridized carbons (Fsp3) is 0.750. The summed E-state index contributed by atoms with van der Waals surface area (Å²) in [6.07, 6.45) is 4.86. The molecule has 1 saturated heterocycles. The Kier molecular flexibility index (Phi) is 4.15. The average molecular weight is 238 g/mol. The summed E-state index contributed by atoms with van der Waals surface area (Å²) in [5, 5.41) is 13.2. The van der Waals surface area contributed by atoms with E-state index in [1.165, 1.54) is 5.56 Å². The third kappa shape index (κ3) is 3.28.